The van der Waals surface area contributed by atoms with Gasteiger partial charge in [-0.25, -0.2) is 4.98 Å². The van der Waals surface area contributed by atoms with Crippen molar-refractivity contribution < 1.29 is 24.1 Å². The first-order chi connectivity index (χ1) is 13.0. The van der Waals surface area contributed by atoms with Crippen molar-refractivity contribution >= 4 is 5.91 Å². The molecule has 1 amide bonds. The topological polar surface area (TPSA) is 102 Å². The Labute approximate surface area is 159 Å². The maximum Gasteiger partial charge on any atom is 0.222 e. The normalized spacial score (nSPS) is 29.7. The second-order valence-corrected chi connectivity index (χ2v) is 7.39. The van der Waals surface area contributed by atoms with E-state index in [4.69, 9.17) is 14.2 Å². The Morgan fingerprint density at radius 1 is 1.44 bits per heavy atom. The van der Waals surface area contributed by atoms with Crippen LogP contribution in [0.2, 0.25) is 0 Å². The Kier molecular flexibility index (Phi) is 6.64. The zero-order valence-corrected chi connectivity index (χ0v) is 16.1. The summed E-state index contributed by atoms with van der Waals surface area (Å²) >= 11 is 0. The lowest BCUT2D eigenvalue weighted by Gasteiger charge is -2.20. The standard InChI is InChI=1S/C19H29N3O5/c1-11(2)22-16(23)8-13-7-14-18(26-13)17(24)15(27-14)10-20-9-12-5-4-6-21-19(12)25-3/h4-6,11,13-15,17-18,20,24H,7-10H2,1-3H3,(H,22,23). The second kappa shape index (κ2) is 8.97. The number of aliphatic hydroxyl groups is 1. The number of amides is 1. The van der Waals surface area contributed by atoms with Gasteiger partial charge in [0, 0.05) is 37.3 Å². The van der Waals surface area contributed by atoms with E-state index >= 15 is 0 Å². The molecule has 0 aliphatic carbocycles. The minimum absolute atomic E-state index is 0.0342. The summed E-state index contributed by atoms with van der Waals surface area (Å²) in [6.07, 6.45) is 0.804. The molecule has 27 heavy (non-hydrogen) atoms. The van der Waals surface area contributed by atoms with Crippen LogP contribution >= 0.6 is 0 Å². The van der Waals surface area contributed by atoms with Crippen LogP contribution in [0.1, 0.15) is 32.3 Å². The third-order valence-corrected chi connectivity index (χ3v) is 4.85. The molecule has 2 aliphatic heterocycles. The molecule has 8 nitrogen and oxygen atoms in total. The van der Waals surface area contributed by atoms with E-state index in [1.54, 1.807) is 13.3 Å². The number of methoxy groups -OCH3 is 1. The molecule has 3 heterocycles. The van der Waals surface area contributed by atoms with Gasteiger partial charge in [-0.2, -0.15) is 0 Å². The maximum absolute atomic E-state index is 11.9. The van der Waals surface area contributed by atoms with Crippen LogP contribution in [0, 0.1) is 0 Å². The highest BCUT2D eigenvalue weighted by molar-refractivity contribution is 5.76. The molecule has 0 aromatic carbocycles. The van der Waals surface area contributed by atoms with E-state index in [1.807, 2.05) is 26.0 Å². The summed E-state index contributed by atoms with van der Waals surface area (Å²) in [5, 5.41) is 16.7. The van der Waals surface area contributed by atoms with Crippen molar-refractivity contribution in [2.45, 2.75) is 69.8 Å². The van der Waals surface area contributed by atoms with E-state index in [2.05, 4.69) is 15.6 Å². The molecular weight excluding hydrogens is 350 g/mol. The van der Waals surface area contributed by atoms with E-state index in [1.165, 1.54) is 0 Å². The zero-order valence-electron chi connectivity index (χ0n) is 16.1. The lowest BCUT2D eigenvalue weighted by atomic mass is 10.1. The van der Waals surface area contributed by atoms with Gasteiger partial charge in [-0.15, -0.1) is 0 Å². The average molecular weight is 379 g/mol. The number of nitrogens with one attached hydrogen (secondary N) is 2. The number of ether oxygens (including phenoxy) is 3. The highest BCUT2D eigenvalue weighted by Crippen LogP contribution is 2.35. The van der Waals surface area contributed by atoms with Gasteiger partial charge in [-0.05, 0) is 19.9 Å². The fraction of sp³-hybridized carbons (Fsp3) is 0.684. The third kappa shape index (κ3) is 4.95. The smallest absolute Gasteiger partial charge is 0.222 e. The summed E-state index contributed by atoms with van der Waals surface area (Å²) < 4.78 is 17.1. The molecule has 0 radical (unpaired) electrons. The minimum atomic E-state index is -0.712. The van der Waals surface area contributed by atoms with Crippen LogP contribution in [0.4, 0.5) is 0 Å². The Morgan fingerprint density at radius 3 is 2.96 bits per heavy atom. The average Bonchev–Trinajstić information content (AvgIpc) is 3.13. The van der Waals surface area contributed by atoms with Crippen LogP contribution in [0.3, 0.4) is 0 Å². The number of nitrogens with zero attached hydrogens (tertiary/aromatic N) is 1. The van der Waals surface area contributed by atoms with Gasteiger partial charge >= 0.3 is 0 Å². The first-order valence-corrected chi connectivity index (χ1v) is 9.45. The number of carbonyl (C=O) groups is 1. The highest BCUT2D eigenvalue weighted by Gasteiger charge is 2.50. The molecule has 1 aromatic heterocycles. The van der Waals surface area contributed by atoms with E-state index in [9.17, 15) is 9.90 Å². The van der Waals surface area contributed by atoms with Crippen molar-refractivity contribution in [3.8, 4) is 5.88 Å². The molecule has 0 saturated carbocycles. The third-order valence-electron chi connectivity index (χ3n) is 4.85. The molecule has 0 spiro atoms. The molecule has 3 rings (SSSR count). The van der Waals surface area contributed by atoms with Crippen molar-refractivity contribution in [1.82, 2.24) is 15.6 Å². The molecule has 1 aromatic rings. The molecule has 2 aliphatic rings. The molecule has 3 N–H and O–H groups in total. The molecule has 150 valence electrons. The first-order valence-electron chi connectivity index (χ1n) is 9.45. The highest BCUT2D eigenvalue weighted by atomic mass is 16.6. The number of pyridine rings is 1. The largest absolute Gasteiger partial charge is 0.481 e. The number of rotatable bonds is 8. The van der Waals surface area contributed by atoms with Crippen LogP contribution in [0.15, 0.2) is 18.3 Å². The molecule has 5 unspecified atom stereocenters. The molecule has 2 saturated heterocycles. The van der Waals surface area contributed by atoms with E-state index < -0.39 is 6.10 Å². The SMILES string of the molecule is COc1ncccc1CNCC1OC2CC(CC(=O)NC(C)C)OC2C1O. The molecule has 8 heteroatoms. The maximum atomic E-state index is 11.9. The van der Waals surface area contributed by atoms with Crippen molar-refractivity contribution in [2.24, 2.45) is 0 Å². The summed E-state index contributed by atoms with van der Waals surface area (Å²) in [5.41, 5.74) is 0.945. The van der Waals surface area contributed by atoms with E-state index in [0.717, 1.165) is 5.56 Å². The van der Waals surface area contributed by atoms with Gasteiger partial charge in [-0.3, -0.25) is 4.79 Å². The molecular formula is C19H29N3O5. The quantitative estimate of drug-likeness (QED) is 0.600. The Bertz CT molecular complexity index is 642. The minimum Gasteiger partial charge on any atom is -0.481 e. The predicted molar refractivity (Wildman–Crippen MR) is 98.3 cm³/mol. The van der Waals surface area contributed by atoms with E-state index in [0.29, 0.717) is 31.8 Å². The Balaban J connectivity index is 1.44. The van der Waals surface area contributed by atoms with Gasteiger partial charge in [0.2, 0.25) is 11.8 Å². The monoisotopic (exact) mass is 379 g/mol. The van der Waals surface area contributed by atoms with Gasteiger partial charge in [0.15, 0.2) is 0 Å². The Morgan fingerprint density at radius 2 is 2.26 bits per heavy atom. The number of hydrogen-bond donors (Lipinski definition) is 3. The number of carbonyl (C=O) groups excluding carboxylic acids is 1. The van der Waals surface area contributed by atoms with Crippen LogP contribution in [-0.4, -0.2) is 66.2 Å². The van der Waals surface area contributed by atoms with E-state index in [-0.39, 0.29) is 36.4 Å². The second-order valence-electron chi connectivity index (χ2n) is 7.39. The van der Waals surface area contributed by atoms with Gasteiger partial charge < -0.3 is 30.0 Å². The summed E-state index contributed by atoms with van der Waals surface area (Å²) in [6, 6.07) is 3.90. The molecule has 0 bridgehead atoms. The van der Waals surface area contributed by atoms with Crippen LogP contribution in [0.25, 0.3) is 0 Å². The summed E-state index contributed by atoms with van der Waals surface area (Å²) in [6.45, 7) is 4.91. The van der Waals surface area contributed by atoms with Gasteiger partial charge in [0.05, 0.1) is 31.8 Å². The zero-order chi connectivity index (χ0) is 19.4. The molecule has 5 atom stereocenters. The lowest BCUT2D eigenvalue weighted by Crippen LogP contribution is -2.39. The number of fused-ring (bicyclic) bond motifs is 1. The van der Waals surface area contributed by atoms with Crippen LogP contribution in [-0.2, 0) is 20.8 Å². The lowest BCUT2D eigenvalue weighted by molar-refractivity contribution is -0.125. The van der Waals surface area contributed by atoms with Crippen LogP contribution < -0.4 is 15.4 Å². The van der Waals surface area contributed by atoms with Gasteiger partial charge in [0.1, 0.15) is 12.2 Å². The first kappa shape index (κ1) is 20.0. The number of hydrogen-bond acceptors (Lipinski definition) is 7. The van der Waals surface area contributed by atoms with Crippen molar-refractivity contribution in [1.29, 1.82) is 0 Å². The number of aromatic nitrogens is 1. The summed E-state index contributed by atoms with van der Waals surface area (Å²) in [4.78, 5) is 16.0. The summed E-state index contributed by atoms with van der Waals surface area (Å²) in [5.74, 6) is 0.550. The number of aliphatic hydroxyl groups excluding tert-OH is 1. The van der Waals surface area contributed by atoms with Gasteiger partial charge in [-0.1, -0.05) is 6.07 Å². The summed E-state index contributed by atoms with van der Waals surface area (Å²) in [7, 11) is 1.59. The molecule has 2 fully saturated rings. The Hall–Kier alpha value is -1.74. The van der Waals surface area contributed by atoms with Gasteiger partial charge in [0.25, 0.3) is 0 Å². The van der Waals surface area contributed by atoms with Crippen molar-refractivity contribution in [2.75, 3.05) is 13.7 Å². The predicted octanol–water partition coefficient (Wildman–Crippen LogP) is 0.380. The van der Waals surface area contributed by atoms with Crippen molar-refractivity contribution in [3.05, 3.63) is 23.9 Å². The fourth-order valence-corrected chi connectivity index (χ4v) is 3.69. The van der Waals surface area contributed by atoms with Crippen LogP contribution in [0.5, 0.6) is 5.88 Å². The fourth-order valence-electron chi connectivity index (χ4n) is 3.69. The van der Waals surface area contributed by atoms with Crippen molar-refractivity contribution in [3.63, 3.8) is 0 Å².